The van der Waals surface area contributed by atoms with Gasteiger partial charge in [-0.1, -0.05) is 0 Å². The van der Waals surface area contributed by atoms with Crippen molar-refractivity contribution in [3.8, 4) is 0 Å². The number of nitrogens with zero attached hydrogens (tertiary/aromatic N) is 2. The van der Waals surface area contributed by atoms with Gasteiger partial charge in [-0.2, -0.15) is 5.10 Å². The maximum absolute atomic E-state index is 11.1. The molecule has 76 valence electrons. The SMILES string of the molecule is Cn1nccc1NC(=O)NC(=O)CCl. The third-order valence-corrected chi connectivity index (χ3v) is 1.68. The fourth-order valence-corrected chi connectivity index (χ4v) is 0.871. The van der Waals surface area contributed by atoms with E-state index in [0.29, 0.717) is 5.82 Å². The molecule has 6 nitrogen and oxygen atoms in total. The fourth-order valence-electron chi connectivity index (χ4n) is 0.804. The minimum Gasteiger partial charge on any atom is -0.292 e. The van der Waals surface area contributed by atoms with Crippen molar-refractivity contribution in [3.05, 3.63) is 12.3 Å². The van der Waals surface area contributed by atoms with E-state index < -0.39 is 11.9 Å². The molecule has 0 aliphatic carbocycles. The number of rotatable bonds is 2. The molecule has 0 aromatic carbocycles. The first kappa shape index (κ1) is 10.5. The number of alkyl halides is 1. The number of aromatic nitrogens is 2. The zero-order chi connectivity index (χ0) is 10.6. The van der Waals surface area contributed by atoms with Crippen LogP contribution >= 0.6 is 11.6 Å². The summed E-state index contributed by atoms with van der Waals surface area (Å²) in [7, 11) is 1.67. The summed E-state index contributed by atoms with van der Waals surface area (Å²) < 4.78 is 1.46. The number of aryl methyl sites for hydroxylation is 1. The Bertz CT molecular complexity index is 349. The van der Waals surface area contributed by atoms with Crippen LogP contribution in [-0.2, 0) is 11.8 Å². The van der Waals surface area contributed by atoms with E-state index in [-0.39, 0.29) is 5.88 Å². The summed E-state index contributed by atoms with van der Waals surface area (Å²) in [6.45, 7) is 0. The summed E-state index contributed by atoms with van der Waals surface area (Å²) in [6, 6.07) is 0.976. The Morgan fingerprint density at radius 2 is 2.36 bits per heavy atom. The molecule has 0 saturated heterocycles. The maximum Gasteiger partial charge on any atom is 0.327 e. The first-order valence-corrected chi connectivity index (χ1v) is 4.31. The lowest BCUT2D eigenvalue weighted by atomic mass is 10.6. The van der Waals surface area contributed by atoms with Gasteiger partial charge in [0.2, 0.25) is 5.91 Å². The summed E-state index contributed by atoms with van der Waals surface area (Å²) in [5.74, 6) is -0.310. The summed E-state index contributed by atoms with van der Waals surface area (Å²) in [6.07, 6.45) is 1.53. The number of amides is 3. The van der Waals surface area contributed by atoms with Crippen molar-refractivity contribution in [3.63, 3.8) is 0 Å². The van der Waals surface area contributed by atoms with E-state index >= 15 is 0 Å². The number of carbonyl (C=O) groups is 2. The van der Waals surface area contributed by atoms with Crippen molar-refractivity contribution in [2.45, 2.75) is 0 Å². The summed E-state index contributed by atoms with van der Waals surface area (Å²) >= 11 is 5.20. The van der Waals surface area contributed by atoms with E-state index in [1.807, 2.05) is 5.32 Å². The minimum absolute atomic E-state index is 0.251. The summed E-state index contributed by atoms with van der Waals surface area (Å²) in [5, 5.41) is 8.29. The first-order valence-electron chi connectivity index (χ1n) is 3.78. The molecule has 0 bridgehead atoms. The normalized spacial score (nSPS) is 9.57. The van der Waals surface area contributed by atoms with E-state index in [9.17, 15) is 9.59 Å². The monoisotopic (exact) mass is 216 g/mol. The number of carbonyl (C=O) groups excluding carboxylic acids is 2. The molecule has 1 rings (SSSR count). The van der Waals surface area contributed by atoms with Gasteiger partial charge in [-0.15, -0.1) is 11.6 Å². The number of imide groups is 1. The van der Waals surface area contributed by atoms with Crippen LogP contribution in [0, 0.1) is 0 Å². The molecule has 2 N–H and O–H groups in total. The third-order valence-electron chi connectivity index (χ3n) is 1.44. The van der Waals surface area contributed by atoms with Crippen LogP contribution in [0.15, 0.2) is 12.3 Å². The average Bonchev–Trinajstić information content (AvgIpc) is 2.51. The Morgan fingerprint density at radius 1 is 1.64 bits per heavy atom. The smallest absolute Gasteiger partial charge is 0.292 e. The quantitative estimate of drug-likeness (QED) is 0.699. The lowest BCUT2D eigenvalue weighted by Crippen LogP contribution is -2.35. The van der Waals surface area contributed by atoms with Gasteiger partial charge in [-0.3, -0.25) is 20.1 Å². The summed E-state index contributed by atoms with van der Waals surface area (Å²) in [5.41, 5.74) is 0. The molecule has 0 radical (unpaired) electrons. The number of halogens is 1. The molecule has 3 amide bonds. The molecule has 0 spiro atoms. The van der Waals surface area contributed by atoms with Gasteiger partial charge < -0.3 is 0 Å². The van der Waals surface area contributed by atoms with Crippen molar-refractivity contribution in [1.29, 1.82) is 0 Å². The van der Waals surface area contributed by atoms with E-state index in [4.69, 9.17) is 11.6 Å². The Hall–Kier alpha value is -1.56. The third kappa shape index (κ3) is 2.74. The molecular formula is C7H9ClN4O2. The molecule has 0 fully saturated rings. The van der Waals surface area contributed by atoms with Gasteiger partial charge in [0, 0.05) is 13.1 Å². The van der Waals surface area contributed by atoms with Crippen molar-refractivity contribution in [2.24, 2.45) is 7.05 Å². The Labute approximate surface area is 85.2 Å². The molecular weight excluding hydrogens is 208 g/mol. The molecule has 1 aromatic heterocycles. The predicted molar refractivity (Wildman–Crippen MR) is 51.1 cm³/mol. The molecule has 0 saturated carbocycles. The number of nitrogens with one attached hydrogen (secondary N) is 2. The van der Waals surface area contributed by atoms with Crippen LogP contribution in [0.2, 0.25) is 0 Å². The molecule has 0 atom stereocenters. The molecule has 14 heavy (non-hydrogen) atoms. The van der Waals surface area contributed by atoms with Crippen molar-refractivity contribution in [1.82, 2.24) is 15.1 Å². The largest absolute Gasteiger partial charge is 0.327 e. The molecule has 0 aliphatic heterocycles. The van der Waals surface area contributed by atoms with Crippen LogP contribution in [0.5, 0.6) is 0 Å². The van der Waals surface area contributed by atoms with Gasteiger partial charge in [0.05, 0.1) is 6.20 Å². The molecule has 1 heterocycles. The lowest BCUT2D eigenvalue weighted by Gasteiger charge is -2.04. The Balaban J connectivity index is 2.50. The Kier molecular flexibility index (Phi) is 3.47. The van der Waals surface area contributed by atoms with Crippen LogP contribution in [0.4, 0.5) is 10.6 Å². The standard InChI is InChI=1S/C7H9ClN4O2/c1-12-5(2-3-9-12)10-7(14)11-6(13)4-8/h2-3H,4H2,1H3,(H2,10,11,13,14). The molecule has 7 heteroatoms. The number of urea groups is 1. The van der Waals surface area contributed by atoms with Crippen molar-refractivity contribution in [2.75, 3.05) is 11.2 Å². The highest BCUT2D eigenvalue weighted by molar-refractivity contribution is 6.28. The Morgan fingerprint density at radius 3 is 2.86 bits per heavy atom. The number of anilines is 1. The number of hydrogen-bond donors (Lipinski definition) is 2. The topological polar surface area (TPSA) is 76.0 Å². The second-order valence-corrected chi connectivity index (χ2v) is 2.74. The van der Waals surface area contributed by atoms with E-state index in [1.165, 1.54) is 10.9 Å². The minimum atomic E-state index is -0.626. The lowest BCUT2D eigenvalue weighted by molar-refractivity contribution is -0.117. The van der Waals surface area contributed by atoms with Crippen LogP contribution in [-0.4, -0.2) is 27.6 Å². The van der Waals surface area contributed by atoms with Crippen molar-refractivity contribution < 1.29 is 9.59 Å². The second kappa shape index (κ2) is 4.61. The van der Waals surface area contributed by atoms with Gasteiger partial charge in [-0.25, -0.2) is 4.79 Å². The highest BCUT2D eigenvalue weighted by Gasteiger charge is 2.07. The van der Waals surface area contributed by atoms with Gasteiger partial charge in [0.1, 0.15) is 11.7 Å². The van der Waals surface area contributed by atoms with Gasteiger partial charge in [0.15, 0.2) is 0 Å². The molecule has 0 aliphatic rings. The van der Waals surface area contributed by atoms with Crippen LogP contribution in [0.25, 0.3) is 0 Å². The van der Waals surface area contributed by atoms with Gasteiger partial charge in [0.25, 0.3) is 0 Å². The average molecular weight is 217 g/mol. The second-order valence-electron chi connectivity index (χ2n) is 2.48. The molecule has 1 aromatic rings. The fraction of sp³-hybridized carbons (Fsp3) is 0.286. The van der Waals surface area contributed by atoms with Gasteiger partial charge >= 0.3 is 6.03 Å². The van der Waals surface area contributed by atoms with Gasteiger partial charge in [-0.05, 0) is 0 Å². The zero-order valence-electron chi connectivity index (χ0n) is 7.45. The van der Waals surface area contributed by atoms with Crippen LogP contribution in [0.1, 0.15) is 0 Å². The van der Waals surface area contributed by atoms with Crippen molar-refractivity contribution >= 4 is 29.4 Å². The zero-order valence-corrected chi connectivity index (χ0v) is 8.21. The van der Waals surface area contributed by atoms with Crippen LogP contribution < -0.4 is 10.6 Å². The number of hydrogen-bond acceptors (Lipinski definition) is 3. The maximum atomic E-state index is 11.1. The highest BCUT2D eigenvalue weighted by atomic mass is 35.5. The van der Waals surface area contributed by atoms with E-state index in [1.54, 1.807) is 13.1 Å². The van der Waals surface area contributed by atoms with Crippen LogP contribution in [0.3, 0.4) is 0 Å². The highest BCUT2D eigenvalue weighted by Crippen LogP contribution is 2.02. The predicted octanol–water partition coefficient (Wildman–Crippen LogP) is 0.307. The first-order chi connectivity index (χ1) is 6.63. The summed E-state index contributed by atoms with van der Waals surface area (Å²) in [4.78, 5) is 21.8. The van der Waals surface area contributed by atoms with E-state index in [0.717, 1.165) is 0 Å². The molecule has 0 unspecified atom stereocenters. The van der Waals surface area contributed by atoms with E-state index in [2.05, 4.69) is 10.4 Å².